The highest BCUT2D eigenvalue weighted by Crippen LogP contribution is 2.34. The van der Waals surface area contributed by atoms with E-state index >= 15 is 0 Å². The van der Waals surface area contributed by atoms with E-state index in [0.717, 1.165) is 51.0 Å². The molecule has 6 heteroatoms. The van der Waals surface area contributed by atoms with Crippen molar-refractivity contribution in [3.8, 4) is 0 Å². The fourth-order valence-electron chi connectivity index (χ4n) is 3.84. The van der Waals surface area contributed by atoms with Gasteiger partial charge in [0.25, 0.3) is 0 Å². The third kappa shape index (κ3) is 3.28. The van der Waals surface area contributed by atoms with E-state index in [-0.39, 0.29) is 11.8 Å². The molecule has 2 N–H and O–H groups in total. The molecule has 2 aliphatic heterocycles. The number of aryl methyl sites for hydroxylation is 1. The first-order chi connectivity index (χ1) is 12.1. The maximum Gasteiger partial charge on any atom is 0.242 e. The van der Waals surface area contributed by atoms with Crippen molar-refractivity contribution in [1.82, 2.24) is 9.80 Å². The second kappa shape index (κ2) is 6.42. The molecular formula is C19H26N4O2. The first-order valence-corrected chi connectivity index (χ1v) is 9.26. The van der Waals surface area contributed by atoms with Crippen molar-refractivity contribution in [2.45, 2.75) is 31.2 Å². The van der Waals surface area contributed by atoms with Crippen LogP contribution in [0.15, 0.2) is 24.3 Å². The summed E-state index contributed by atoms with van der Waals surface area (Å²) in [5.41, 5.74) is 7.75. The molecule has 3 aliphatic rings. The van der Waals surface area contributed by atoms with Crippen LogP contribution in [0.25, 0.3) is 0 Å². The van der Waals surface area contributed by atoms with Gasteiger partial charge < -0.3 is 15.5 Å². The van der Waals surface area contributed by atoms with E-state index in [1.165, 1.54) is 5.56 Å². The van der Waals surface area contributed by atoms with E-state index in [1.54, 1.807) is 0 Å². The zero-order valence-corrected chi connectivity index (χ0v) is 14.6. The number of nitrogens with zero attached hydrogens (tertiary/aromatic N) is 3. The summed E-state index contributed by atoms with van der Waals surface area (Å²) in [7, 11) is 0. The summed E-state index contributed by atoms with van der Waals surface area (Å²) in [4.78, 5) is 31.0. The molecule has 25 heavy (non-hydrogen) atoms. The standard InChI is InChI=1S/C19H26N4O2/c20-19(7-8-19)18(25)22-12-10-21(11-13-22)14-17(24)23-9-3-5-15-4-1-2-6-16(15)23/h1-2,4,6H,3,5,7-14,20H2. The first kappa shape index (κ1) is 16.5. The number of anilines is 1. The average Bonchev–Trinajstić information content (AvgIpc) is 3.40. The Morgan fingerprint density at radius 2 is 1.76 bits per heavy atom. The normalized spacial score (nSPS) is 22.4. The Balaban J connectivity index is 1.33. The van der Waals surface area contributed by atoms with E-state index < -0.39 is 5.54 Å². The first-order valence-electron chi connectivity index (χ1n) is 9.26. The van der Waals surface area contributed by atoms with Gasteiger partial charge in [0.05, 0.1) is 12.1 Å². The van der Waals surface area contributed by atoms with Gasteiger partial charge in [-0.15, -0.1) is 0 Å². The molecule has 2 amide bonds. The summed E-state index contributed by atoms with van der Waals surface area (Å²) < 4.78 is 0. The van der Waals surface area contributed by atoms with Gasteiger partial charge in [0.15, 0.2) is 0 Å². The predicted octanol–water partition coefficient (Wildman–Crippen LogP) is 0.601. The molecule has 4 rings (SSSR count). The molecule has 0 aromatic heterocycles. The Morgan fingerprint density at radius 1 is 1.04 bits per heavy atom. The number of nitrogens with two attached hydrogens (primary N) is 1. The van der Waals surface area contributed by atoms with Crippen LogP contribution in [-0.2, 0) is 16.0 Å². The summed E-state index contributed by atoms with van der Waals surface area (Å²) in [6.07, 6.45) is 3.67. The number of benzene rings is 1. The van der Waals surface area contributed by atoms with E-state index in [0.29, 0.717) is 19.6 Å². The number of fused-ring (bicyclic) bond motifs is 1. The number of rotatable bonds is 3. The van der Waals surface area contributed by atoms with Gasteiger partial charge in [-0.2, -0.15) is 0 Å². The molecule has 1 saturated heterocycles. The lowest BCUT2D eigenvalue weighted by molar-refractivity contribution is -0.135. The van der Waals surface area contributed by atoms with Crippen LogP contribution < -0.4 is 10.6 Å². The summed E-state index contributed by atoms with van der Waals surface area (Å²) in [6, 6.07) is 8.18. The lowest BCUT2D eigenvalue weighted by Crippen LogP contribution is -2.55. The summed E-state index contributed by atoms with van der Waals surface area (Å²) in [6.45, 7) is 4.03. The molecule has 134 valence electrons. The number of hydrogen-bond acceptors (Lipinski definition) is 4. The molecule has 1 aromatic carbocycles. The molecule has 1 saturated carbocycles. The van der Waals surface area contributed by atoms with Crippen molar-refractivity contribution in [3.05, 3.63) is 29.8 Å². The van der Waals surface area contributed by atoms with Crippen molar-refractivity contribution in [2.24, 2.45) is 5.73 Å². The minimum absolute atomic E-state index is 0.0865. The quantitative estimate of drug-likeness (QED) is 0.873. The number of carbonyl (C=O) groups is 2. The summed E-state index contributed by atoms with van der Waals surface area (Å²) in [5, 5.41) is 0. The van der Waals surface area contributed by atoms with Crippen LogP contribution in [0.2, 0.25) is 0 Å². The summed E-state index contributed by atoms with van der Waals surface area (Å²) in [5.74, 6) is 0.243. The minimum atomic E-state index is -0.588. The zero-order valence-electron chi connectivity index (χ0n) is 14.6. The molecule has 6 nitrogen and oxygen atoms in total. The number of carbonyl (C=O) groups excluding carboxylic acids is 2. The molecule has 0 atom stereocenters. The lowest BCUT2D eigenvalue weighted by Gasteiger charge is -2.37. The topological polar surface area (TPSA) is 69.9 Å². The van der Waals surface area contributed by atoms with Crippen molar-refractivity contribution >= 4 is 17.5 Å². The third-order valence-corrected chi connectivity index (χ3v) is 5.64. The Morgan fingerprint density at radius 3 is 2.48 bits per heavy atom. The van der Waals surface area contributed by atoms with Gasteiger partial charge in [-0.25, -0.2) is 0 Å². The molecular weight excluding hydrogens is 316 g/mol. The zero-order chi connectivity index (χ0) is 17.4. The van der Waals surface area contributed by atoms with Crippen molar-refractivity contribution in [3.63, 3.8) is 0 Å². The molecule has 2 fully saturated rings. The highest BCUT2D eigenvalue weighted by atomic mass is 16.2. The second-order valence-electron chi connectivity index (χ2n) is 7.50. The van der Waals surface area contributed by atoms with Crippen LogP contribution in [0.3, 0.4) is 0 Å². The fourth-order valence-corrected chi connectivity index (χ4v) is 3.84. The van der Waals surface area contributed by atoms with E-state index in [2.05, 4.69) is 11.0 Å². The lowest BCUT2D eigenvalue weighted by atomic mass is 10.0. The Hall–Kier alpha value is -1.92. The molecule has 1 aromatic rings. The van der Waals surface area contributed by atoms with Crippen LogP contribution in [0, 0.1) is 0 Å². The molecule has 1 aliphatic carbocycles. The summed E-state index contributed by atoms with van der Waals surface area (Å²) >= 11 is 0. The number of para-hydroxylation sites is 1. The molecule has 0 radical (unpaired) electrons. The van der Waals surface area contributed by atoms with Crippen molar-refractivity contribution < 1.29 is 9.59 Å². The number of amides is 2. The van der Waals surface area contributed by atoms with Crippen LogP contribution in [0.1, 0.15) is 24.8 Å². The van der Waals surface area contributed by atoms with E-state index in [4.69, 9.17) is 5.73 Å². The van der Waals surface area contributed by atoms with Crippen LogP contribution in [0.4, 0.5) is 5.69 Å². The third-order valence-electron chi connectivity index (χ3n) is 5.64. The highest BCUT2D eigenvalue weighted by Gasteiger charge is 2.48. The predicted molar refractivity (Wildman–Crippen MR) is 96.3 cm³/mol. The Labute approximate surface area is 148 Å². The minimum Gasteiger partial charge on any atom is -0.339 e. The van der Waals surface area contributed by atoms with Gasteiger partial charge in [-0.3, -0.25) is 14.5 Å². The molecule has 0 unspecified atom stereocenters. The average molecular weight is 342 g/mol. The number of piperazine rings is 1. The fraction of sp³-hybridized carbons (Fsp3) is 0.579. The largest absolute Gasteiger partial charge is 0.339 e. The molecule has 0 spiro atoms. The number of hydrogen-bond donors (Lipinski definition) is 1. The van der Waals surface area contributed by atoms with Crippen molar-refractivity contribution in [2.75, 3.05) is 44.2 Å². The van der Waals surface area contributed by atoms with Gasteiger partial charge in [0.2, 0.25) is 11.8 Å². The maximum atomic E-state index is 12.8. The maximum absolute atomic E-state index is 12.8. The van der Waals surface area contributed by atoms with Crippen molar-refractivity contribution in [1.29, 1.82) is 0 Å². The Bertz CT molecular complexity index is 678. The monoisotopic (exact) mass is 342 g/mol. The molecule has 0 bridgehead atoms. The van der Waals surface area contributed by atoms with Gasteiger partial charge in [0.1, 0.15) is 0 Å². The van der Waals surface area contributed by atoms with Gasteiger partial charge >= 0.3 is 0 Å². The van der Waals surface area contributed by atoms with Gasteiger partial charge in [-0.1, -0.05) is 18.2 Å². The van der Waals surface area contributed by atoms with Crippen LogP contribution in [0.5, 0.6) is 0 Å². The van der Waals surface area contributed by atoms with E-state index in [9.17, 15) is 9.59 Å². The SMILES string of the molecule is NC1(C(=O)N2CCN(CC(=O)N3CCCc4ccccc43)CC2)CC1. The Kier molecular flexibility index (Phi) is 4.25. The smallest absolute Gasteiger partial charge is 0.242 e. The highest BCUT2D eigenvalue weighted by molar-refractivity contribution is 5.96. The van der Waals surface area contributed by atoms with Crippen LogP contribution in [-0.4, -0.2) is 66.4 Å². The van der Waals surface area contributed by atoms with Gasteiger partial charge in [-0.05, 0) is 37.3 Å². The van der Waals surface area contributed by atoms with E-state index in [1.807, 2.05) is 28.0 Å². The van der Waals surface area contributed by atoms with Gasteiger partial charge in [0, 0.05) is 38.4 Å². The molecule has 2 heterocycles. The van der Waals surface area contributed by atoms with Crippen LogP contribution >= 0.6 is 0 Å². The second-order valence-corrected chi connectivity index (χ2v) is 7.50.